The lowest BCUT2D eigenvalue weighted by Crippen LogP contribution is -2.28. The Labute approximate surface area is 121 Å². The van der Waals surface area contributed by atoms with Crippen molar-refractivity contribution in [3.05, 3.63) is 66.1 Å². The van der Waals surface area contributed by atoms with E-state index < -0.39 is 0 Å². The summed E-state index contributed by atoms with van der Waals surface area (Å²) in [5, 5.41) is 6.50. The molecule has 5 heteroatoms. The molecule has 3 N–H and O–H groups in total. The molecule has 4 nitrogen and oxygen atoms in total. The molecule has 0 bridgehead atoms. The average Bonchev–Trinajstić information content (AvgIpc) is 2.96. The molecule has 0 saturated carbocycles. The zero-order valence-corrected chi connectivity index (χ0v) is 11.2. The summed E-state index contributed by atoms with van der Waals surface area (Å²) in [5.74, 6) is -0.290. The van der Waals surface area contributed by atoms with Crippen molar-refractivity contribution in [3.63, 3.8) is 0 Å². The number of aromatic amines is 1. The molecule has 0 spiro atoms. The predicted molar refractivity (Wildman–Crippen MR) is 80.6 cm³/mol. The molecule has 0 atom stereocenters. The van der Waals surface area contributed by atoms with Gasteiger partial charge in [0.1, 0.15) is 5.82 Å². The van der Waals surface area contributed by atoms with Crippen molar-refractivity contribution in [2.45, 2.75) is 6.54 Å². The summed E-state index contributed by atoms with van der Waals surface area (Å²) in [7, 11) is 0. The summed E-state index contributed by atoms with van der Waals surface area (Å²) < 4.78 is 12.8. The molecule has 1 aromatic heterocycles. The minimum Gasteiger partial charge on any atom is -0.361 e. The van der Waals surface area contributed by atoms with Gasteiger partial charge >= 0.3 is 6.03 Å². The number of rotatable bonds is 3. The highest BCUT2D eigenvalue weighted by molar-refractivity contribution is 6.00. The number of amides is 2. The van der Waals surface area contributed by atoms with E-state index in [4.69, 9.17) is 0 Å². The highest BCUT2D eigenvalue weighted by Crippen LogP contribution is 2.21. The molecule has 0 fully saturated rings. The van der Waals surface area contributed by atoms with Gasteiger partial charge in [0, 0.05) is 23.6 Å². The molecule has 0 aliphatic carbocycles. The second kappa shape index (κ2) is 5.66. The van der Waals surface area contributed by atoms with Gasteiger partial charge in [-0.15, -0.1) is 0 Å². The normalized spacial score (nSPS) is 10.5. The van der Waals surface area contributed by atoms with Gasteiger partial charge in [-0.3, -0.25) is 0 Å². The number of fused-ring (bicyclic) bond motifs is 1. The van der Waals surface area contributed by atoms with E-state index in [9.17, 15) is 9.18 Å². The number of nitrogens with one attached hydrogen (secondary N) is 3. The van der Waals surface area contributed by atoms with Crippen LogP contribution in [0.4, 0.5) is 14.9 Å². The minimum atomic E-state index is -0.298. The van der Waals surface area contributed by atoms with Crippen molar-refractivity contribution in [1.82, 2.24) is 10.3 Å². The average molecular weight is 283 g/mol. The number of anilines is 1. The summed E-state index contributed by atoms with van der Waals surface area (Å²) in [6, 6.07) is 13.3. The molecule has 2 amide bonds. The minimum absolute atomic E-state index is 0.290. The van der Waals surface area contributed by atoms with Crippen molar-refractivity contribution in [2.24, 2.45) is 0 Å². The fourth-order valence-corrected chi connectivity index (χ4v) is 2.15. The summed E-state index contributed by atoms with van der Waals surface area (Å²) in [6.07, 6.45) is 1.83. The lowest BCUT2D eigenvalue weighted by atomic mass is 10.2. The van der Waals surface area contributed by atoms with Gasteiger partial charge in [0.2, 0.25) is 0 Å². The number of benzene rings is 2. The number of carbonyl (C=O) groups excluding carboxylic acids is 1. The first-order valence-electron chi connectivity index (χ1n) is 6.58. The number of carbonyl (C=O) groups is 1. The summed E-state index contributed by atoms with van der Waals surface area (Å²) in [6.45, 7) is 0.342. The molecule has 106 valence electrons. The number of halogens is 1. The third-order valence-electron chi connectivity index (χ3n) is 3.21. The van der Waals surface area contributed by atoms with Crippen molar-refractivity contribution in [2.75, 3.05) is 5.32 Å². The molecule has 21 heavy (non-hydrogen) atoms. The second-order valence-corrected chi connectivity index (χ2v) is 4.68. The van der Waals surface area contributed by atoms with Crippen LogP contribution in [0, 0.1) is 5.82 Å². The van der Waals surface area contributed by atoms with Crippen molar-refractivity contribution in [3.8, 4) is 0 Å². The maximum atomic E-state index is 12.8. The quantitative estimate of drug-likeness (QED) is 0.675. The Kier molecular flexibility index (Phi) is 3.55. The highest BCUT2D eigenvalue weighted by Gasteiger charge is 2.05. The number of urea groups is 1. The highest BCUT2D eigenvalue weighted by atomic mass is 19.1. The van der Waals surface area contributed by atoms with Gasteiger partial charge in [-0.2, -0.15) is 0 Å². The Balaban J connectivity index is 1.64. The van der Waals surface area contributed by atoms with Crippen molar-refractivity contribution in [1.29, 1.82) is 0 Å². The smallest absolute Gasteiger partial charge is 0.319 e. The maximum Gasteiger partial charge on any atom is 0.319 e. The lowest BCUT2D eigenvalue weighted by molar-refractivity contribution is 0.252. The predicted octanol–water partition coefficient (Wildman–Crippen LogP) is 3.63. The van der Waals surface area contributed by atoms with Gasteiger partial charge in [0.15, 0.2) is 0 Å². The van der Waals surface area contributed by atoms with E-state index >= 15 is 0 Å². The molecule has 2 aromatic carbocycles. The summed E-state index contributed by atoms with van der Waals surface area (Å²) >= 11 is 0. The van der Waals surface area contributed by atoms with Crippen molar-refractivity contribution >= 4 is 22.6 Å². The van der Waals surface area contributed by atoms with Crippen LogP contribution in [-0.2, 0) is 6.54 Å². The molecule has 0 radical (unpaired) electrons. The van der Waals surface area contributed by atoms with Crippen molar-refractivity contribution < 1.29 is 9.18 Å². The third-order valence-corrected chi connectivity index (χ3v) is 3.21. The molecule has 0 saturated heterocycles. The summed E-state index contributed by atoms with van der Waals surface area (Å²) in [4.78, 5) is 15.0. The van der Waals surface area contributed by atoms with E-state index in [0.717, 1.165) is 22.2 Å². The Morgan fingerprint density at radius 1 is 1.10 bits per heavy atom. The van der Waals surface area contributed by atoms with Crippen LogP contribution in [0.3, 0.4) is 0 Å². The second-order valence-electron chi connectivity index (χ2n) is 4.68. The zero-order valence-electron chi connectivity index (χ0n) is 11.2. The van der Waals surface area contributed by atoms with E-state index in [1.807, 2.05) is 30.5 Å². The van der Waals surface area contributed by atoms with Crippen LogP contribution >= 0.6 is 0 Å². The van der Waals surface area contributed by atoms with Gasteiger partial charge < -0.3 is 15.6 Å². The van der Waals surface area contributed by atoms with E-state index in [-0.39, 0.29) is 11.8 Å². The van der Waals surface area contributed by atoms with Gasteiger partial charge in [-0.25, -0.2) is 9.18 Å². The Morgan fingerprint density at radius 3 is 2.71 bits per heavy atom. The van der Waals surface area contributed by atoms with E-state index in [2.05, 4.69) is 15.6 Å². The lowest BCUT2D eigenvalue weighted by Gasteiger charge is -2.08. The van der Waals surface area contributed by atoms with Crippen LogP contribution in [0.2, 0.25) is 0 Å². The molecule has 0 unspecified atom stereocenters. The number of H-pyrrole nitrogens is 1. The van der Waals surface area contributed by atoms with Gasteiger partial charge in [-0.05, 0) is 35.9 Å². The third kappa shape index (κ3) is 3.02. The first-order chi connectivity index (χ1) is 10.2. The summed E-state index contributed by atoms with van der Waals surface area (Å²) in [5.41, 5.74) is 2.54. The van der Waals surface area contributed by atoms with Gasteiger partial charge in [0.25, 0.3) is 0 Å². The molecule has 1 heterocycles. The van der Waals surface area contributed by atoms with Gasteiger partial charge in [0.05, 0.1) is 5.69 Å². The Morgan fingerprint density at radius 2 is 1.90 bits per heavy atom. The Hall–Kier alpha value is -2.82. The Bertz CT molecular complexity index is 765. The molecule has 0 aliphatic rings. The van der Waals surface area contributed by atoms with E-state index in [1.165, 1.54) is 12.1 Å². The standard InChI is InChI=1S/C16H14FN3O/c17-12-6-4-11(5-7-12)10-19-16(21)20-15-3-1-2-14-13(15)8-9-18-14/h1-9,18H,10H2,(H2,19,20,21). The molecule has 3 aromatic rings. The fraction of sp³-hybridized carbons (Fsp3) is 0.0625. The fourth-order valence-electron chi connectivity index (χ4n) is 2.15. The van der Waals surface area contributed by atoms with Crippen LogP contribution in [0.15, 0.2) is 54.7 Å². The first kappa shape index (κ1) is 13.2. The molecular formula is C16H14FN3O. The monoisotopic (exact) mass is 283 g/mol. The number of hydrogen-bond donors (Lipinski definition) is 3. The molecular weight excluding hydrogens is 269 g/mol. The topological polar surface area (TPSA) is 56.9 Å². The zero-order chi connectivity index (χ0) is 14.7. The molecule has 3 rings (SSSR count). The van der Waals surface area contributed by atoms with Gasteiger partial charge in [-0.1, -0.05) is 18.2 Å². The van der Waals surface area contributed by atoms with E-state index in [1.54, 1.807) is 12.1 Å². The number of hydrogen-bond acceptors (Lipinski definition) is 1. The largest absolute Gasteiger partial charge is 0.361 e. The van der Waals surface area contributed by atoms with Crippen LogP contribution < -0.4 is 10.6 Å². The van der Waals surface area contributed by atoms with E-state index in [0.29, 0.717) is 6.54 Å². The van der Waals surface area contributed by atoms with Crippen LogP contribution in [0.25, 0.3) is 10.9 Å². The maximum absolute atomic E-state index is 12.8. The van der Waals surface area contributed by atoms with Crippen LogP contribution in [0.1, 0.15) is 5.56 Å². The number of aromatic nitrogens is 1. The van der Waals surface area contributed by atoms with Crippen LogP contribution in [-0.4, -0.2) is 11.0 Å². The van der Waals surface area contributed by atoms with Crippen LogP contribution in [0.5, 0.6) is 0 Å². The SMILES string of the molecule is O=C(NCc1ccc(F)cc1)Nc1cccc2[nH]ccc12. The first-order valence-corrected chi connectivity index (χ1v) is 6.58. The molecule has 0 aliphatic heterocycles.